The van der Waals surface area contributed by atoms with Crippen molar-refractivity contribution in [1.29, 1.82) is 0 Å². The molecule has 0 saturated heterocycles. The second-order valence-corrected chi connectivity index (χ2v) is 5.65. The number of nitrogens with zero attached hydrogens (tertiary/aromatic N) is 1. The van der Waals surface area contributed by atoms with Gasteiger partial charge in [0, 0.05) is 31.1 Å². The van der Waals surface area contributed by atoms with Gasteiger partial charge in [-0.15, -0.1) is 0 Å². The predicted molar refractivity (Wildman–Crippen MR) is 76.8 cm³/mol. The third-order valence-corrected chi connectivity index (χ3v) is 2.86. The van der Waals surface area contributed by atoms with E-state index >= 15 is 0 Å². The summed E-state index contributed by atoms with van der Waals surface area (Å²) in [5, 5.41) is 2.61. The van der Waals surface area contributed by atoms with Crippen LogP contribution in [0.4, 0.5) is 10.1 Å². The molecule has 0 radical (unpaired) electrons. The maximum Gasteiger partial charge on any atom is 0.226 e. The molecule has 1 aromatic rings. The molecular formula is C15H21FN2O2. The lowest BCUT2D eigenvalue weighted by molar-refractivity contribution is -0.134. The van der Waals surface area contributed by atoms with Gasteiger partial charge in [0.25, 0.3) is 0 Å². The first-order chi connectivity index (χ1) is 9.20. The summed E-state index contributed by atoms with van der Waals surface area (Å²) in [4.78, 5) is 25.0. The van der Waals surface area contributed by atoms with Crippen LogP contribution in [0, 0.1) is 5.82 Å². The molecule has 0 fully saturated rings. The zero-order chi connectivity index (χ0) is 15.3. The van der Waals surface area contributed by atoms with Crippen LogP contribution in [0.5, 0.6) is 0 Å². The zero-order valence-corrected chi connectivity index (χ0v) is 12.4. The molecule has 1 rings (SSSR count). The first-order valence-corrected chi connectivity index (χ1v) is 6.54. The minimum atomic E-state index is -0.400. The molecule has 1 N–H and O–H groups in total. The van der Waals surface area contributed by atoms with Gasteiger partial charge >= 0.3 is 0 Å². The minimum Gasteiger partial charge on any atom is -0.338 e. The van der Waals surface area contributed by atoms with Crippen LogP contribution in [-0.4, -0.2) is 28.8 Å². The van der Waals surface area contributed by atoms with Gasteiger partial charge < -0.3 is 10.2 Å². The quantitative estimate of drug-likeness (QED) is 0.922. The third kappa shape index (κ3) is 4.99. The Kier molecular flexibility index (Phi) is 5.25. The maximum atomic E-state index is 13.0. The Labute approximate surface area is 119 Å². The van der Waals surface area contributed by atoms with Gasteiger partial charge in [0.1, 0.15) is 5.82 Å². The number of halogens is 1. The SMILES string of the molecule is CC(=O)N(CCC(=O)Nc1cccc(F)c1)C(C)(C)C. The monoisotopic (exact) mass is 280 g/mol. The Morgan fingerprint density at radius 2 is 1.95 bits per heavy atom. The van der Waals surface area contributed by atoms with Crippen LogP contribution in [0.3, 0.4) is 0 Å². The second-order valence-electron chi connectivity index (χ2n) is 5.65. The van der Waals surface area contributed by atoms with Gasteiger partial charge in [0.2, 0.25) is 11.8 Å². The summed E-state index contributed by atoms with van der Waals surface area (Å²) in [5.74, 6) is -0.718. The Hall–Kier alpha value is -1.91. The van der Waals surface area contributed by atoms with Gasteiger partial charge in [-0.05, 0) is 39.0 Å². The van der Waals surface area contributed by atoms with Crippen LogP contribution in [0.25, 0.3) is 0 Å². The molecule has 20 heavy (non-hydrogen) atoms. The molecule has 0 saturated carbocycles. The highest BCUT2D eigenvalue weighted by Crippen LogP contribution is 2.14. The number of rotatable bonds is 4. The largest absolute Gasteiger partial charge is 0.338 e. The fourth-order valence-corrected chi connectivity index (χ4v) is 1.97. The number of carbonyl (C=O) groups excluding carboxylic acids is 2. The molecule has 4 nitrogen and oxygen atoms in total. The minimum absolute atomic E-state index is 0.0731. The second kappa shape index (κ2) is 6.50. The highest BCUT2D eigenvalue weighted by Gasteiger charge is 2.23. The van der Waals surface area contributed by atoms with Crippen LogP contribution in [0.2, 0.25) is 0 Å². The normalized spacial score (nSPS) is 11.1. The molecule has 0 aliphatic carbocycles. The summed E-state index contributed by atoms with van der Waals surface area (Å²) >= 11 is 0. The lowest BCUT2D eigenvalue weighted by Gasteiger charge is -2.34. The van der Waals surface area contributed by atoms with Gasteiger partial charge in [-0.1, -0.05) is 6.07 Å². The Morgan fingerprint density at radius 1 is 1.30 bits per heavy atom. The molecule has 5 heteroatoms. The van der Waals surface area contributed by atoms with Crippen LogP contribution in [-0.2, 0) is 9.59 Å². The van der Waals surface area contributed by atoms with Crippen molar-refractivity contribution in [2.45, 2.75) is 39.7 Å². The lowest BCUT2D eigenvalue weighted by atomic mass is 10.1. The summed E-state index contributed by atoms with van der Waals surface area (Å²) < 4.78 is 13.0. The van der Waals surface area contributed by atoms with Crippen molar-refractivity contribution >= 4 is 17.5 Å². The Bertz CT molecular complexity index is 495. The smallest absolute Gasteiger partial charge is 0.226 e. The fraction of sp³-hybridized carbons (Fsp3) is 0.467. The predicted octanol–water partition coefficient (Wildman–Crippen LogP) is 2.80. The van der Waals surface area contributed by atoms with Crippen LogP contribution in [0.1, 0.15) is 34.1 Å². The molecule has 110 valence electrons. The third-order valence-electron chi connectivity index (χ3n) is 2.86. The summed E-state index contributed by atoms with van der Waals surface area (Å²) in [6, 6.07) is 5.71. The highest BCUT2D eigenvalue weighted by molar-refractivity contribution is 5.91. The molecule has 2 amide bonds. The molecule has 0 heterocycles. The number of nitrogens with one attached hydrogen (secondary N) is 1. The number of anilines is 1. The van der Waals surface area contributed by atoms with Gasteiger partial charge in [0.15, 0.2) is 0 Å². The van der Waals surface area contributed by atoms with E-state index in [1.807, 2.05) is 20.8 Å². The maximum absolute atomic E-state index is 13.0. The number of carbonyl (C=O) groups is 2. The Morgan fingerprint density at radius 3 is 2.45 bits per heavy atom. The molecule has 0 aliphatic heterocycles. The van der Waals surface area contributed by atoms with E-state index in [0.717, 1.165) is 0 Å². The number of hydrogen-bond donors (Lipinski definition) is 1. The summed E-state index contributed by atoms with van der Waals surface area (Å²) in [6.45, 7) is 7.56. The molecule has 0 aromatic heterocycles. The fourth-order valence-electron chi connectivity index (χ4n) is 1.97. The molecule has 0 bridgehead atoms. The number of benzene rings is 1. The summed E-state index contributed by atoms with van der Waals surface area (Å²) in [5.41, 5.74) is 0.0884. The van der Waals surface area contributed by atoms with E-state index in [-0.39, 0.29) is 23.8 Å². The summed E-state index contributed by atoms with van der Waals surface area (Å²) in [7, 11) is 0. The topological polar surface area (TPSA) is 49.4 Å². The summed E-state index contributed by atoms with van der Waals surface area (Å²) in [6.07, 6.45) is 0.174. The lowest BCUT2D eigenvalue weighted by Crippen LogP contribution is -2.45. The zero-order valence-electron chi connectivity index (χ0n) is 12.4. The molecule has 0 spiro atoms. The number of amides is 2. The first kappa shape index (κ1) is 16.1. The van der Waals surface area contributed by atoms with Crippen LogP contribution in [0.15, 0.2) is 24.3 Å². The van der Waals surface area contributed by atoms with Gasteiger partial charge in [-0.25, -0.2) is 4.39 Å². The van der Waals surface area contributed by atoms with Crippen molar-refractivity contribution in [3.63, 3.8) is 0 Å². The van der Waals surface area contributed by atoms with Crippen molar-refractivity contribution in [1.82, 2.24) is 4.90 Å². The first-order valence-electron chi connectivity index (χ1n) is 6.54. The van der Waals surface area contributed by atoms with Crippen molar-refractivity contribution in [2.24, 2.45) is 0 Å². The van der Waals surface area contributed by atoms with Crippen molar-refractivity contribution in [3.8, 4) is 0 Å². The number of hydrogen-bond acceptors (Lipinski definition) is 2. The van der Waals surface area contributed by atoms with Crippen molar-refractivity contribution in [3.05, 3.63) is 30.1 Å². The Balaban J connectivity index is 2.56. The van der Waals surface area contributed by atoms with E-state index in [9.17, 15) is 14.0 Å². The molecule has 0 unspecified atom stereocenters. The van der Waals surface area contributed by atoms with E-state index in [2.05, 4.69) is 5.32 Å². The van der Waals surface area contributed by atoms with Gasteiger partial charge in [0.05, 0.1) is 0 Å². The molecule has 0 atom stereocenters. The highest BCUT2D eigenvalue weighted by atomic mass is 19.1. The molecule has 1 aromatic carbocycles. The van der Waals surface area contributed by atoms with Crippen molar-refractivity contribution < 1.29 is 14.0 Å². The van der Waals surface area contributed by atoms with Gasteiger partial charge in [-0.3, -0.25) is 9.59 Å². The molecule has 0 aliphatic rings. The van der Waals surface area contributed by atoms with E-state index < -0.39 is 5.82 Å². The standard InChI is InChI=1S/C15H21FN2O2/c1-11(19)18(15(2,3)4)9-8-14(20)17-13-7-5-6-12(16)10-13/h5-7,10H,8-9H2,1-4H3,(H,17,20). The van der Waals surface area contributed by atoms with Crippen molar-refractivity contribution in [2.75, 3.05) is 11.9 Å². The van der Waals surface area contributed by atoms with E-state index in [1.54, 1.807) is 11.0 Å². The average Bonchev–Trinajstić information content (AvgIpc) is 2.26. The van der Waals surface area contributed by atoms with E-state index in [1.165, 1.54) is 25.1 Å². The van der Waals surface area contributed by atoms with Crippen LogP contribution < -0.4 is 5.32 Å². The molecular weight excluding hydrogens is 259 g/mol. The van der Waals surface area contributed by atoms with E-state index in [4.69, 9.17) is 0 Å². The van der Waals surface area contributed by atoms with E-state index in [0.29, 0.717) is 12.2 Å². The van der Waals surface area contributed by atoms with Gasteiger partial charge in [-0.2, -0.15) is 0 Å². The average molecular weight is 280 g/mol. The van der Waals surface area contributed by atoms with Crippen LogP contribution >= 0.6 is 0 Å².